The molecular formula is C14H24ClN3O. The highest BCUT2D eigenvalue weighted by Gasteiger charge is 2.34. The van der Waals surface area contributed by atoms with E-state index in [-0.39, 0.29) is 5.38 Å². The monoisotopic (exact) mass is 285 g/mol. The lowest BCUT2D eigenvalue weighted by Crippen LogP contribution is -2.28. The number of halogens is 1. The van der Waals surface area contributed by atoms with Crippen LogP contribution in [0.1, 0.15) is 64.1 Å². The van der Waals surface area contributed by atoms with Gasteiger partial charge >= 0.3 is 6.01 Å². The Balaban J connectivity index is 1.94. The molecule has 1 saturated carbocycles. The van der Waals surface area contributed by atoms with E-state index >= 15 is 0 Å². The van der Waals surface area contributed by atoms with E-state index in [0.29, 0.717) is 17.3 Å². The van der Waals surface area contributed by atoms with Gasteiger partial charge in [-0.3, -0.25) is 0 Å². The summed E-state index contributed by atoms with van der Waals surface area (Å²) in [5.41, 5.74) is 0.398. The Labute approximate surface area is 120 Å². The molecular weight excluding hydrogens is 262 g/mol. The molecule has 4 nitrogen and oxygen atoms in total. The maximum atomic E-state index is 5.92. The zero-order chi connectivity index (χ0) is 13.9. The molecule has 0 spiro atoms. The lowest BCUT2D eigenvalue weighted by atomic mass is 9.78. The highest BCUT2D eigenvalue weighted by molar-refractivity contribution is 6.20. The van der Waals surface area contributed by atoms with Gasteiger partial charge in [-0.1, -0.05) is 31.8 Å². The molecule has 5 heteroatoms. The number of anilines is 1. The lowest BCUT2D eigenvalue weighted by Gasteiger charge is -2.30. The molecule has 1 unspecified atom stereocenters. The fraction of sp³-hybridized carbons (Fsp3) is 0.857. The summed E-state index contributed by atoms with van der Waals surface area (Å²) in [6.45, 7) is 7.33. The second-order valence-electron chi connectivity index (χ2n) is 6.22. The van der Waals surface area contributed by atoms with Crippen molar-refractivity contribution in [3.05, 3.63) is 5.89 Å². The molecule has 1 aromatic heterocycles. The Morgan fingerprint density at radius 1 is 1.26 bits per heavy atom. The first-order chi connectivity index (χ1) is 9.01. The van der Waals surface area contributed by atoms with Crippen molar-refractivity contribution >= 4 is 17.6 Å². The van der Waals surface area contributed by atoms with Gasteiger partial charge in [0, 0.05) is 6.54 Å². The molecule has 1 N–H and O–H groups in total. The maximum absolute atomic E-state index is 5.92. The molecule has 1 aromatic rings. The summed E-state index contributed by atoms with van der Waals surface area (Å²) in [6.07, 6.45) is 6.52. The second kappa shape index (κ2) is 6.12. The number of aromatic nitrogens is 2. The van der Waals surface area contributed by atoms with E-state index in [4.69, 9.17) is 16.0 Å². The summed E-state index contributed by atoms with van der Waals surface area (Å²) in [7, 11) is 0. The molecule has 1 fully saturated rings. The summed E-state index contributed by atoms with van der Waals surface area (Å²) in [6, 6.07) is 0.498. The van der Waals surface area contributed by atoms with Gasteiger partial charge < -0.3 is 9.73 Å². The van der Waals surface area contributed by atoms with Crippen molar-refractivity contribution in [1.29, 1.82) is 0 Å². The van der Waals surface area contributed by atoms with E-state index in [2.05, 4.69) is 29.4 Å². The Hall–Kier alpha value is -0.770. The van der Waals surface area contributed by atoms with E-state index in [1.165, 1.54) is 32.1 Å². The third kappa shape index (κ3) is 3.85. The van der Waals surface area contributed by atoms with Gasteiger partial charge in [0.25, 0.3) is 0 Å². The highest BCUT2D eigenvalue weighted by Crippen LogP contribution is 2.43. The molecule has 1 heterocycles. The van der Waals surface area contributed by atoms with Gasteiger partial charge in [-0.15, -0.1) is 16.7 Å². The topological polar surface area (TPSA) is 51.0 Å². The predicted octanol–water partition coefficient (Wildman–Crippen LogP) is 4.39. The van der Waals surface area contributed by atoms with Crippen LogP contribution in [0.25, 0.3) is 0 Å². The molecule has 0 aliphatic heterocycles. The zero-order valence-electron chi connectivity index (χ0n) is 12.1. The van der Waals surface area contributed by atoms with E-state index in [9.17, 15) is 0 Å². The minimum Gasteiger partial charge on any atom is -0.407 e. The van der Waals surface area contributed by atoms with Crippen molar-refractivity contribution in [2.24, 2.45) is 11.3 Å². The van der Waals surface area contributed by atoms with Crippen LogP contribution in [0.15, 0.2) is 4.42 Å². The molecule has 0 radical (unpaired) electrons. The summed E-state index contributed by atoms with van der Waals surface area (Å²) < 4.78 is 5.49. The van der Waals surface area contributed by atoms with E-state index in [1.54, 1.807) is 0 Å². The fourth-order valence-corrected chi connectivity index (χ4v) is 3.26. The average molecular weight is 286 g/mol. The van der Waals surface area contributed by atoms with Crippen LogP contribution in [-0.4, -0.2) is 16.7 Å². The molecule has 0 saturated heterocycles. The van der Waals surface area contributed by atoms with Crippen LogP contribution in [0.2, 0.25) is 0 Å². The first-order valence-electron chi connectivity index (χ1n) is 7.22. The minimum absolute atomic E-state index is 0.237. The van der Waals surface area contributed by atoms with Crippen LogP contribution >= 0.6 is 11.6 Å². The highest BCUT2D eigenvalue weighted by atomic mass is 35.5. The summed E-state index contributed by atoms with van der Waals surface area (Å²) in [4.78, 5) is 0. The fourth-order valence-electron chi connectivity index (χ4n) is 3.17. The standard InChI is InChI=1S/C14H24ClN3O/c1-10(2)8-14(6-4-5-7-14)9-16-13-18-17-12(19-13)11(3)15/h10-11H,4-9H2,1-3H3,(H,16,18). The predicted molar refractivity (Wildman–Crippen MR) is 77.4 cm³/mol. The van der Waals surface area contributed by atoms with Gasteiger partial charge in [-0.05, 0) is 37.5 Å². The van der Waals surface area contributed by atoms with Crippen LogP contribution in [0.5, 0.6) is 0 Å². The van der Waals surface area contributed by atoms with Crippen LogP contribution in [-0.2, 0) is 0 Å². The number of hydrogen-bond acceptors (Lipinski definition) is 4. The molecule has 108 valence electrons. The average Bonchev–Trinajstić information content (AvgIpc) is 2.94. The van der Waals surface area contributed by atoms with Crippen molar-refractivity contribution < 1.29 is 4.42 Å². The molecule has 2 rings (SSSR count). The molecule has 1 aliphatic rings. The first-order valence-corrected chi connectivity index (χ1v) is 7.66. The molecule has 19 heavy (non-hydrogen) atoms. The Morgan fingerprint density at radius 2 is 1.95 bits per heavy atom. The quantitative estimate of drug-likeness (QED) is 0.788. The smallest absolute Gasteiger partial charge is 0.315 e. The van der Waals surface area contributed by atoms with Gasteiger partial charge in [-0.2, -0.15) is 0 Å². The number of alkyl halides is 1. The number of nitrogens with zero attached hydrogens (tertiary/aromatic N) is 2. The van der Waals surface area contributed by atoms with E-state index < -0.39 is 0 Å². The second-order valence-corrected chi connectivity index (χ2v) is 6.87. The van der Waals surface area contributed by atoms with Crippen LogP contribution in [0.4, 0.5) is 6.01 Å². The van der Waals surface area contributed by atoms with Crippen molar-refractivity contribution in [2.45, 2.75) is 58.3 Å². The SMILES string of the molecule is CC(C)CC1(CNc2nnc(C(C)Cl)o2)CCCC1. The van der Waals surface area contributed by atoms with E-state index in [1.807, 2.05) is 6.92 Å². The minimum atomic E-state index is -0.237. The van der Waals surface area contributed by atoms with Crippen molar-refractivity contribution in [3.8, 4) is 0 Å². The molecule has 0 amide bonds. The molecule has 1 aliphatic carbocycles. The Morgan fingerprint density at radius 3 is 2.47 bits per heavy atom. The Kier molecular flexibility index (Phi) is 4.71. The summed E-state index contributed by atoms with van der Waals surface area (Å²) in [5.74, 6) is 1.20. The lowest BCUT2D eigenvalue weighted by molar-refractivity contribution is 0.250. The Bertz CT molecular complexity index is 397. The first kappa shape index (κ1) is 14.6. The molecule has 1 atom stereocenters. The van der Waals surface area contributed by atoms with Crippen LogP contribution in [0, 0.1) is 11.3 Å². The van der Waals surface area contributed by atoms with Crippen LogP contribution in [0.3, 0.4) is 0 Å². The van der Waals surface area contributed by atoms with Crippen LogP contribution < -0.4 is 5.32 Å². The number of nitrogens with one attached hydrogen (secondary N) is 1. The number of rotatable bonds is 6. The van der Waals surface area contributed by atoms with Gasteiger partial charge in [-0.25, -0.2) is 0 Å². The van der Waals surface area contributed by atoms with Crippen molar-refractivity contribution in [1.82, 2.24) is 10.2 Å². The molecule has 0 bridgehead atoms. The molecule has 0 aromatic carbocycles. The van der Waals surface area contributed by atoms with Gasteiger partial charge in [0.2, 0.25) is 5.89 Å². The largest absolute Gasteiger partial charge is 0.407 e. The normalized spacial score (nSPS) is 19.8. The summed E-state index contributed by atoms with van der Waals surface area (Å²) >= 11 is 5.92. The van der Waals surface area contributed by atoms with Gasteiger partial charge in [0.05, 0.1) is 0 Å². The van der Waals surface area contributed by atoms with Crippen molar-refractivity contribution in [3.63, 3.8) is 0 Å². The number of hydrogen-bond donors (Lipinski definition) is 1. The summed E-state index contributed by atoms with van der Waals surface area (Å²) in [5, 5.41) is 11.0. The van der Waals surface area contributed by atoms with Gasteiger partial charge in [0.15, 0.2) is 0 Å². The van der Waals surface area contributed by atoms with Crippen molar-refractivity contribution in [2.75, 3.05) is 11.9 Å². The van der Waals surface area contributed by atoms with E-state index in [0.717, 1.165) is 12.5 Å². The third-order valence-electron chi connectivity index (χ3n) is 3.90. The zero-order valence-corrected chi connectivity index (χ0v) is 12.8. The maximum Gasteiger partial charge on any atom is 0.315 e. The third-order valence-corrected chi connectivity index (χ3v) is 4.09. The van der Waals surface area contributed by atoms with Gasteiger partial charge in [0.1, 0.15) is 5.38 Å².